The molecular formula is C19H27N5O4. The molecule has 152 valence electrons. The Balaban J connectivity index is 1.36. The van der Waals surface area contributed by atoms with Crippen LogP contribution in [-0.4, -0.2) is 45.0 Å². The van der Waals surface area contributed by atoms with Gasteiger partial charge in [0.05, 0.1) is 6.54 Å². The summed E-state index contributed by atoms with van der Waals surface area (Å²) in [7, 11) is 0. The van der Waals surface area contributed by atoms with Crippen LogP contribution >= 0.6 is 0 Å². The van der Waals surface area contributed by atoms with Crippen LogP contribution in [0, 0.1) is 11.3 Å². The fourth-order valence-corrected chi connectivity index (χ4v) is 4.86. The van der Waals surface area contributed by atoms with E-state index in [2.05, 4.69) is 41.6 Å². The van der Waals surface area contributed by atoms with Gasteiger partial charge in [0.15, 0.2) is 0 Å². The number of hydrogen-bond donors (Lipinski definition) is 2. The Kier molecular flexibility index (Phi) is 4.43. The number of rotatable bonds is 5. The van der Waals surface area contributed by atoms with E-state index in [1.807, 2.05) is 0 Å². The number of carbonyl (C=O) groups is 3. The first-order valence-electron chi connectivity index (χ1n) is 9.91. The van der Waals surface area contributed by atoms with Crippen LogP contribution in [0.4, 0.5) is 4.79 Å². The van der Waals surface area contributed by atoms with E-state index in [0.29, 0.717) is 36.5 Å². The van der Waals surface area contributed by atoms with Crippen molar-refractivity contribution in [3.63, 3.8) is 0 Å². The van der Waals surface area contributed by atoms with Crippen LogP contribution in [0.2, 0.25) is 0 Å². The van der Waals surface area contributed by atoms with E-state index in [1.165, 1.54) is 0 Å². The Morgan fingerprint density at radius 3 is 2.71 bits per heavy atom. The lowest BCUT2D eigenvalue weighted by Crippen LogP contribution is -2.54. The molecule has 1 spiro atoms. The highest BCUT2D eigenvalue weighted by molar-refractivity contribution is 6.09. The third-order valence-corrected chi connectivity index (χ3v) is 5.77. The van der Waals surface area contributed by atoms with E-state index < -0.39 is 17.5 Å². The average molecular weight is 389 g/mol. The maximum Gasteiger partial charge on any atom is 0.325 e. The first kappa shape index (κ1) is 18.9. The van der Waals surface area contributed by atoms with Crippen molar-refractivity contribution in [2.75, 3.05) is 6.54 Å². The van der Waals surface area contributed by atoms with Crippen LogP contribution in [0.25, 0.3) is 0 Å². The zero-order valence-electron chi connectivity index (χ0n) is 16.6. The summed E-state index contributed by atoms with van der Waals surface area (Å²) < 4.78 is 5.50. The zero-order chi connectivity index (χ0) is 20.1. The van der Waals surface area contributed by atoms with E-state index in [9.17, 15) is 14.4 Å². The fourth-order valence-electron chi connectivity index (χ4n) is 4.86. The minimum atomic E-state index is -0.899. The lowest BCUT2D eigenvalue weighted by atomic mass is 9.64. The third-order valence-electron chi connectivity index (χ3n) is 5.77. The van der Waals surface area contributed by atoms with Gasteiger partial charge in [0.1, 0.15) is 12.1 Å². The number of amides is 4. The summed E-state index contributed by atoms with van der Waals surface area (Å²) in [6.07, 6.45) is 4.30. The number of aromatic nitrogens is 2. The molecule has 9 heteroatoms. The normalized spacial score (nSPS) is 29.2. The minimum Gasteiger partial charge on any atom is -0.423 e. The van der Waals surface area contributed by atoms with Crippen molar-refractivity contribution in [1.82, 2.24) is 25.7 Å². The molecule has 2 saturated carbocycles. The standard InChI is InChI=1S/C19H27N5O4/c1-11-6-18(2,3)10-19(7-11)16(26)24(17(27)21-19)9-13(25)20-8-14-22-23-15(28-14)12-4-5-12/h11-12H,4-10H2,1-3H3,(H,20,25)(H,21,27)/t11-,19-/m0/s1. The van der Waals surface area contributed by atoms with Crippen molar-refractivity contribution in [3.8, 4) is 0 Å². The quantitative estimate of drug-likeness (QED) is 0.740. The summed E-state index contributed by atoms with van der Waals surface area (Å²) in [5.74, 6) is 0.859. The zero-order valence-corrected chi connectivity index (χ0v) is 16.6. The van der Waals surface area contributed by atoms with Crippen molar-refractivity contribution in [2.24, 2.45) is 11.3 Å². The SMILES string of the molecule is C[C@H]1CC(C)(C)C[C@]2(C1)NC(=O)N(CC(=O)NCc1nnc(C3CC3)o1)C2=O. The van der Waals surface area contributed by atoms with E-state index in [4.69, 9.17) is 4.42 Å². The fraction of sp³-hybridized carbons (Fsp3) is 0.737. The van der Waals surface area contributed by atoms with E-state index in [-0.39, 0.29) is 24.4 Å². The molecule has 3 fully saturated rings. The second-order valence-corrected chi connectivity index (χ2v) is 9.34. The molecule has 1 aliphatic heterocycles. The summed E-state index contributed by atoms with van der Waals surface area (Å²) in [5.41, 5.74) is -0.944. The molecular weight excluding hydrogens is 362 g/mol. The van der Waals surface area contributed by atoms with E-state index in [1.54, 1.807) is 0 Å². The van der Waals surface area contributed by atoms with Gasteiger partial charge in [-0.2, -0.15) is 0 Å². The highest BCUT2D eigenvalue weighted by Crippen LogP contribution is 2.46. The van der Waals surface area contributed by atoms with Crippen molar-refractivity contribution in [1.29, 1.82) is 0 Å². The molecule has 2 aliphatic carbocycles. The van der Waals surface area contributed by atoms with Gasteiger partial charge < -0.3 is 15.1 Å². The molecule has 0 aromatic carbocycles. The summed E-state index contributed by atoms with van der Waals surface area (Å²) in [5, 5.41) is 13.4. The first-order valence-corrected chi connectivity index (χ1v) is 9.91. The Hall–Kier alpha value is -2.45. The van der Waals surface area contributed by atoms with Gasteiger partial charge in [0.2, 0.25) is 17.7 Å². The molecule has 4 rings (SSSR count). The predicted molar refractivity (Wildman–Crippen MR) is 97.9 cm³/mol. The largest absolute Gasteiger partial charge is 0.423 e. The minimum absolute atomic E-state index is 0.0455. The number of carbonyl (C=O) groups excluding carboxylic acids is 3. The maximum atomic E-state index is 13.0. The van der Waals surface area contributed by atoms with Crippen LogP contribution < -0.4 is 10.6 Å². The first-order chi connectivity index (χ1) is 13.2. The Bertz CT molecular complexity index is 815. The molecule has 4 amide bonds. The number of nitrogens with one attached hydrogen (secondary N) is 2. The number of urea groups is 1. The summed E-state index contributed by atoms with van der Waals surface area (Å²) in [6, 6.07) is -0.501. The topological polar surface area (TPSA) is 117 Å². The molecule has 28 heavy (non-hydrogen) atoms. The van der Waals surface area contributed by atoms with Crippen LogP contribution in [0.3, 0.4) is 0 Å². The number of hydrogen-bond acceptors (Lipinski definition) is 6. The van der Waals surface area contributed by atoms with Gasteiger partial charge in [-0.05, 0) is 43.4 Å². The van der Waals surface area contributed by atoms with Gasteiger partial charge in [-0.3, -0.25) is 14.5 Å². The van der Waals surface area contributed by atoms with Crippen molar-refractivity contribution < 1.29 is 18.8 Å². The highest BCUT2D eigenvalue weighted by atomic mass is 16.4. The van der Waals surface area contributed by atoms with Gasteiger partial charge in [-0.15, -0.1) is 10.2 Å². The van der Waals surface area contributed by atoms with Crippen molar-refractivity contribution >= 4 is 17.8 Å². The number of nitrogens with zero attached hydrogens (tertiary/aromatic N) is 3. The van der Waals surface area contributed by atoms with Gasteiger partial charge in [0, 0.05) is 5.92 Å². The van der Waals surface area contributed by atoms with Gasteiger partial charge in [0.25, 0.3) is 5.91 Å². The highest BCUT2D eigenvalue weighted by Gasteiger charge is 2.56. The molecule has 0 radical (unpaired) electrons. The van der Waals surface area contributed by atoms with Crippen LogP contribution in [0.15, 0.2) is 4.42 Å². The number of imide groups is 1. The molecule has 2 N–H and O–H groups in total. The second-order valence-electron chi connectivity index (χ2n) is 9.34. The van der Waals surface area contributed by atoms with Crippen LogP contribution in [0.5, 0.6) is 0 Å². The second kappa shape index (κ2) is 6.56. The summed E-state index contributed by atoms with van der Waals surface area (Å²) >= 11 is 0. The van der Waals surface area contributed by atoms with Gasteiger partial charge >= 0.3 is 6.03 Å². The molecule has 1 aromatic heterocycles. The van der Waals surface area contributed by atoms with Crippen LogP contribution in [0.1, 0.15) is 70.6 Å². The Labute approximate surface area is 163 Å². The molecule has 1 saturated heterocycles. The van der Waals surface area contributed by atoms with Gasteiger partial charge in [-0.25, -0.2) is 4.79 Å². The molecule has 9 nitrogen and oxygen atoms in total. The molecule has 0 bridgehead atoms. The van der Waals surface area contributed by atoms with Gasteiger partial charge in [-0.1, -0.05) is 20.8 Å². The van der Waals surface area contributed by atoms with E-state index in [0.717, 1.165) is 24.2 Å². The molecule has 2 atom stereocenters. The molecule has 2 heterocycles. The monoisotopic (exact) mass is 389 g/mol. The molecule has 1 aromatic rings. The Morgan fingerprint density at radius 2 is 2.04 bits per heavy atom. The van der Waals surface area contributed by atoms with E-state index >= 15 is 0 Å². The summed E-state index contributed by atoms with van der Waals surface area (Å²) in [6.45, 7) is 6.08. The predicted octanol–water partition coefficient (Wildman–Crippen LogP) is 1.70. The van der Waals surface area contributed by atoms with Crippen LogP contribution in [-0.2, 0) is 16.1 Å². The maximum absolute atomic E-state index is 13.0. The smallest absolute Gasteiger partial charge is 0.325 e. The average Bonchev–Trinajstić information content (AvgIpc) is 3.29. The Morgan fingerprint density at radius 1 is 1.29 bits per heavy atom. The van der Waals surface area contributed by atoms with Crippen molar-refractivity contribution in [2.45, 2.75) is 70.9 Å². The lowest BCUT2D eigenvalue weighted by molar-refractivity contribution is -0.137. The van der Waals surface area contributed by atoms with Crippen molar-refractivity contribution in [3.05, 3.63) is 11.8 Å². The summed E-state index contributed by atoms with van der Waals surface area (Å²) in [4.78, 5) is 38.8. The third kappa shape index (κ3) is 3.62. The molecule has 0 unspecified atom stereocenters. The lowest BCUT2D eigenvalue weighted by Gasteiger charge is -2.43. The molecule has 3 aliphatic rings.